The van der Waals surface area contributed by atoms with Crippen molar-refractivity contribution in [3.05, 3.63) is 0 Å². The second kappa shape index (κ2) is 6.45. The van der Waals surface area contributed by atoms with Gasteiger partial charge in [-0.25, -0.2) is 4.79 Å². The highest BCUT2D eigenvalue weighted by molar-refractivity contribution is 8.00. The first kappa shape index (κ1) is 13.8. The molecule has 0 aromatic heterocycles. The Balaban J connectivity index is 2.41. The van der Waals surface area contributed by atoms with E-state index < -0.39 is 17.9 Å². The summed E-state index contributed by atoms with van der Waals surface area (Å²) in [7, 11) is 1.35. The molecule has 8 heteroatoms. The molecule has 1 unspecified atom stereocenters. The Labute approximate surface area is 102 Å². The van der Waals surface area contributed by atoms with Crippen molar-refractivity contribution < 1.29 is 24.2 Å². The average Bonchev–Trinajstić information content (AvgIpc) is 2.63. The van der Waals surface area contributed by atoms with E-state index >= 15 is 0 Å². The van der Waals surface area contributed by atoms with Gasteiger partial charge in [-0.2, -0.15) is 0 Å². The van der Waals surface area contributed by atoms with Gasteiger partial charge >= 0.3 is 5.97 Å². The minimum absolute atomic E-state index is 0.107. The Morgan fingerprint density at radius 3 is 2.82 bits per heavy atom. The maximum absolute atomic E-state index is 11.5. The number of carbonyl (C=O) groups excluding carboxylic acids is 2. The Morgan fingerprint density at radius 1 is 1.65 bits per heavy atom. The fraction of sp³-hybridized carbons (Fsp3) is 0.667. The molecule has 0 bridgehead atoms. The van der Waals surface area contributed by atoms with E-state index in [0.29, 0.717) is 11.6 Å². The molecule has 1 heterocycles. The topological polar surface area (TPSA) is 95.9 Å². The Hall–Kier alpha value is -1.28. The molecule has 0 aromatic carbocycles. The standard InChI is InChI=1S/C9H14N2O5S/c1-16-3-6(9(14)15)10-7(12)2-11-5-17-4-8(11)13/h6H,2-5H2,1H3,(H,10,12)(H,14,15). The lowest BCUT2D eigenvalue weighted by Gasteiger charge is -2.17. The van der Waals surface area contributed by atoms with Gasteiger partial charge in [0.15, 0.2) is 6.04 Å². The maximum atomic E-state index is 11.5. The highest BCUT2D eigenvalue weighted by Crippen LogP contribution is 2.13. The molecule has 17 heavy (non-hydrogen) atoms. The van der Waals surface area contributed by atoms with Crippen molar-refractivity contribution in [2.24, 2.45) is 0 Å². The first-order chi connectivity index (χ1) is 8.04. The zero-order valence-corrected chi connectivity index (χ0v) is 10.2. The summed E-state index contributed by atoms with van der Waals surface area (Å²) in [6.07, 6.45) is 0. The quantitative estimate of drug-likeness (QED) is 0.620. The fourth-order valence-electron chi connectivity index (χ4n) is 1.29. The number of aliphatic carboxylic acids is 1. The van der Waals surface area contributed by atoms with E-state index in [9.17, 15) is 14.4 Å². The molecule has 1 fully saturated rings. The predicted molar refractivity (Wildman–Crippen MR) is 60.5 cm³/mol. The van der Waals surface area contributed by atoms with Gasteiger partial charge in [0, 0.05) is 7.11 Å². The van der Waals surface area contributed by atoms with Crippen LogP contribution in [0, 0.1) is 0 Å². The molecule has 96 valence electrons. The number of ether oxygens (including phenoxy) is 1. The minimum atomic E-state index is -1.16. The molecular formula is C9H14N2O5S. The molecule has 1 aliphatic heterocycles. The summed E-state index contributed by atoms with van der Waals surface area (Å²) in [4.78, 5) is 34.9. The number of hydrogen-bond donors (Lipinski definition) is 2. The number of carboxylic acid groups (broad SMARTS) is 1. The zero-order chi connectivity index (χ0) is 12.8. The average molecular weight is 262 g/mol. The molecular weight excluding hydrogens is 248 g/mol. The van der Waals surface area contributed by atoms with Crippen molar-refractivity contribution in [1.82, 2.24) is 10.2 Å². The smallest absolute Gasteiger partial charge is 0.328 e. The van der Waals surface area contributed by atoms with Gasteiger partial charge in [-0.3, -0.25) is 9.59 Å². The maximum Gasteiger partial charge on any atom is 0.328 e. The van der Waals surface area contributed by atoms with Crippen LogP contribution in [-0.2, 0) is 19.1 Å². The number of nitrogens with zero attached hydrogens (tertiary/aromatic N) is 1. The summed E-state index contributed by atoms with van der Waals surface area (Å²) in [5.74, 6) is -0.932. The summed E-state index contributed by atoms with van der Waals surface area (Å²) in [5, 5.41) is 11.1. The highest BCUT2D eigenvalue weighted by Gasteiger charge is 2.25. The van der Waals surface area contributed by atoms with Gasteiger partial charge < -0.3 is 20.1 Å². The van der Waals surface area contributed by atoms with E-state index in [1.807, 2.05) is 0 Å². The van der Waals surface area contributed by atoms with Gasteiger partial charge in [0.25, 0.3) is 0 Å². The second-order valence-electron chi connectivity index (χ2n) is 3.48. The normalized spacial score (nSPS) is 17.0. The summed E-state index contributed by atoms with van der Waals surface area (Å²) in [5.41, 5.74) is 0. The van der Waals surface area contributed by atoms with E-state index in [4.69, 9.17) is 5.11 Å². The molecule has 0 aliphatic carbocycles. The molecule has 0 aromatic rings. The van der Waals surface area contributed by atoms with E-state index in [1.165, 1.54) is 23.8 Å². The molecule has 1 rings (SSSR count). The number of nitrogens with one attached hydrogen (secondary N) is 1. The number of rotatable bonds is 6. The second-order valence-corrected chi connectivity index (χ2v) is 4.44. The molecule has 1 saturated heterocycles. The molecule has 0 radical (unpaired) electrons. The third kappa shape index (κ3) is 4.23. The van der Waals surface area contributed by atoms with Crippen LogP contribution in [0.2, 0.25) is 0 Å². The molecule has 7 nitrogen and oxygen atoms in total. The summed E-state index contributed by atoms with van der Waals surface area (Å²) in [6, 6.07) is -1.09. The number of carboxylic acids is 1. The third-order valence-corrected chi connectivity index (χ3v) is 3.07. The largest absolute Gasteiger partial charge is 0.480 e. The van der Waals surface area contributed by atoms with Crippen LogP contribution in [0.5, 0.6) is 0 Å². The van der Waals surface area contributed by atoms with Crippen molar-refractivity contribution in [3.8, 4) is 0 Å². The third-order valence-electron chi connectivity index (χ3n) is 2.13. The number of methoxy groups -OCH3 is 1. The van der Waals surface area contributed by atoms with E-state index in [1.54, 1.807) is 0 Å². The van der Waals surface area contributed by atoms with Gasteiger partial charge in [0.2, 0.25) is 11.8 Å². The molecule has 1 aliphatic rings. The van der Waals surface area contributed by atoms with Gasteiger partial charge in [-0.1, -0.05) is 0 Å². The van der Waals surface area contributed by atoms with Gasteiger partial charge in [-0.05, 0) is 0 Å². The predicted octanol–water partition coefficient (Wildman–Crippen LogP) is -1.26. The molecule has 0 saturated carbocycles. The van der Waals surface area contributed by atoms with Crippen molar-refractivity contribution in [3.63, 3.8) is 0 Å². The molecule has 2 N–H and O–H groups in total. The Morgan fingerprint density at radius 2 is 2.35 bits per heavy atom. The lowest BCUT2D eigenvalue weighted by Crippen LogP contribution is -2.48. The number of carbonyl (C=O) groups is 3. The molecule has 2 amide bonds. The first-order valence-corrected chi connectivity index (χ1v) is 6.06. The van der Waals surface area contributed by atoms with Crippen LogP contribution in [0.4, 0.5) is 0 Å². The summed E-state index contributed by atoms with van der Waals surface area (Å²) in [6.45, 7) is -0.219. The molecule has 1 atom stereocenters. The van der Waals surface area contributed by atoms with Crippen LogP contribution in [0.3, 0.4) is 0 Å². The number of thioether (sulfide) groups is 1. The lowest BCUT2D eigenvalue weighted by molar-refractivity contribution is -0.143. The Kier molecular flexibility index (Phi) is 5.23. The van der Waals surface area contributed by atoms with Crippen LogP contribution in [0.15, 0.2) is 0 Å². The number of hydrogen-bond acceptors (Lipinski definition) is 5. The van der Waals surface area contributed by atoms with Crippen LogP contribution in [0.25, 0.3) is 0 Å². The van der Waals surface area contributed by atoms with E-state index in [-0.39, 0.29) is 19.1 Å². The van der Waals surface area contributed by atoms with Crippen LogP contribution < -0.4 is 5.32 Å². The van der Waals surface area contributed by atoms with Gasteiger partial charge in [0.1, 0.15) is 6.54 Å². The van der Waals surface area contributed by atoms with Crippen molar-refractivity contribution in [1.29, 1.82) is 0 Å². The van der Waals surface area contributed by atoms with Crippen molar-refractivity contribution in [2.75, 3.05) is 31.9 Å². The van der Waals surface area contributed by atoms with E-state index in [0.717, 1.165) is 0 Å². The van der Waals surface area contributed by atoms with Crippen LogP contribution in [0.1, 0.15) is 0 Å². The monoisotopic (exact) mass is 262 g/mol. The number of amides is 2. The highest BCUT2D eigenvalue weighted by atomic mass is 32.2. The first-order valence-electron chi connectivity index (χ1n) is 4.91. The Bertz CT molecular complexity index is 323. The molecule has 0 spiro atoms. The van der Waals surface area contributed by atoms with Crippen molar-refractivity contribution in [2.45, 2.75) is 6.04 Å². The van der Waals surface area contributed by atoms with Gasteiger partial charge in [0.05, 0.1) is 18.2 Å². The van der Waals surface area contributed by atoms with Crippen LogP contribution in [-0.4, -0.2) is 65.7 Å². The van der Waals surface area contributed by atoms with Gasteiger partial charge in [-0.15, -0.1) is 11.8 Å². The summed E-state index contributed by atoms with van der Waals surface area (Å²) >= 11 is 1.42. The zero-order valence-electron chi connectivity index (χ0n) is 9.34. The SMILES string of the molecule is COCC(NC(=O)CN1CSCC1=O)C(=O)O. The van der Waals surface area contributed by atoms with E-state index in [2.05, 4.69) is 10.1 Å². The van der Waals surface area contributed by atoms with Crippen molar-refractivity contribution >= 4 is 29.5 Å². The van der Waals surface area contributed by atoms with Crippen LogP contribution >= 0.6 is 11.8 Å². The minimum Gasteiger partial charge on any atom is -0.480 e. The lowest BCUT2D eigenvalue weighted by atomic mass is 10.3. The summed E-state index contributed by atoms with van der Waals surface area (Å²) < 4.78 is 4.68. The fourth-order valence-corrected chi connectivity index (χ4v) is 2.20.